The van der Waals surface area contributed by atoms with Gasteiger partial charge < -0.3 is 15.2 Å². The summed E-state index contributed by atoms with van der Waals surface area (Å²) in [6.45, 7) is 3.50. The lowest BCUT2D eigenvalue weighted by atomic mass is 10.0. The first kappa shape index (κ1) is 17.5. The molecule has 4 rings (SSSR count). The van der Waals surface area contributed by atoms with Gasteiger partial charge in [-0.3, -0.25) is 4.79 Å². The van der Waals surface area contributed by atoms with Crippen molar-refractivity contribution in [3.8, 4) is 0 Å². The predicted molar refractivity (Wildman–Crippen MR) is 111 cm³/mol. The molecule has 0 aliphatic rings. The predicted octanol–water partition coefficient (Wildman–Crippen LogP) is 3.72. The van der Waals surface area contributed by atoms with E-state index in [1.165, 1.54) is 0 Å². The largest absolute Gasteiger partial charge is 0.354 e. The Morgan fingerprint density at radius 3 is 2.67 bits per heavy atom. The molecule has 2 aromatic heterocycles. The highest BCUT2D eigenvalue weighted by molar-refractivity contribution is 6.15. The van der Waals surface area contributed by atoms with Gasteiger partial charge in [-0.05, 0) is 50.2 Å². The fourth-order valence-corrected chi connectivity index (χ4v) is 3.48. The van der Waals surface area contributed by atoms with Gasteiger partial charge in [0.2, 0.25) is 0 Å². The van der Waals surface area contributed by atoms with Crippen molar-refractivity contribution in [2.45, 2.75) is 13.3 Å². The zero-order valence-corrected chi connectivity index (χ0v) is 16.0. The molecule has 27 heavy (non-hydrogen) atoms. The van der Waals surface area contributed by atoms with E-state index < -0.39 is 0 Å². The number of pyridine rings is 1. The van der Waals surface area contributed by atoms with Gasteiger partial charge >= 0.3 is 0 Å². The Morgan fingerprint density at radius 2 is 1.89 bits per heavy atom. The van der Waals surface area contributed by atoms with Crippen LogP contribution in [0.3, 0.4) is 0 Å². The van der Waals surface area contributed by atoms with Gasteiger partial charge in [0.15, 0.2) is 0 Å². The van der Waals surface area contributed by atoms with Crippen LogP contribution in [0.2, 0.25) is 0 Å². The Labute approximate surface area is 158 Å². The molecule has 0 unspecified atom stereocenters. The smallest absolute Gasteiger partial charge is 0.268 e. The van der Waals surface area contributed by atoms with Crippen LogP contribution in [0.25, 0.3) is 32.6 Å². The highest BCUT2D eigenvalue weighted by Gasteiger charge is 2.15. The van der Waals surface area contributed by atoms with E-state index in [9.17, 15) is 4.79 Å². The Hall–Kier alpha value is -2.92. The second kappa shape index (κ2) is 7.00. The van der Waals surface area contributed by atoms with Gasteiger partial charge in [-0.1, -0.05) is 25.1 Å². The number of hydrogen-bond donors (Lipinski definition) is 2. The number of amides is 1. The molecule has 0 aliphatic heterocycles. The molecule has 2 heterocycles. The molecule has 1 amide bonds. The Kier molecular flexibility index (Phi) is 4.54. The number of aromatic amines is 1. The van der Waals surface area contributed by atoms with E-state index in [0.717, 1.165) is 51.2 Å². The highest BCUT2D eigenvalue weighted by Crippen LogP contribution is 2.31. The number of H-pyrrole nitrogens is 1. The number of para-hydroxylation sites is 1. The molecule has 0 fully saturated rings. The first-order valence-electron chi connectivity index (χ1n) is 9.34. The normalized spacial score (nSPS) is 11.7. The standard InChI is InChI=1S/C22H24N4O/c1-4-15-11-14-12-20-18(16-7-5-6-8-19(16)25-20)13-17(14)21(24-15)22(27)23-9-10-26(2)3/h5-8,11-13,24H,4,9-10H2,1-3H3,(H,23,27). The first-order chi connectivity index (χ1) is 13.1. The van der Waals surface area contributed by atoms with Crippen LogP contribution >= 0.6 is 0 Å². The molecule has 0 bridgehead atoms. The van der Waals surface area contributed by atoms with Crippen LogP contribution in [0.15, 0.2) is 42.5 Å². The minimum Gasteiger partial charge on any atom is -0.354 e. The molecule has 0 atom stereocenters. The number of rotatable bonds is 5. The minimum atomic E-state index is -0.0691. The number of aryl methyl sites for hydroxylation is 1. The maximum Gasteiger partial charge on any atom is 0.268 e. The van der Waals surface area contributed by atoms with E-state index in [-0.39, 0.29) is 5.91 Å². The molecule has 0 spiro atoms. The summed E-state index contributed by atoms with van der Waals surface area (Å²) in [5.74, 6) is -0.0691. The second-order valence-corrected chi connectivity index (χ2v) is 7.17. The summed E-state index contributed by atoms with van der Waals surface area (Å²) >= 11 is 0. The summed E-state index contributed by atoms with van der Waals surface area (Å²) in [5, 5.41) is 7.20. The van der Waals surface area contributed by atoms with E-state index in [2.05, 4.69) is 46.4 Å². The summed E-state index contributed by atoms with van der Waals surface area (Å²) in [7, 11) is 3.99. The molecule has 5 heteroatoms. The Morgan fingerprint density at radius 1 is 1.07 bits per heavy atom. The number of aromatic nitrogens is 2. The van der Waals surface area contributed by atoms with Gasteiger partial charge in [-0.2, -0.15) is 0 Å². The zero-order chi connectivity index (χ0) is 19.0. The average Bonchev–Trinajstić information content (AvgIpc) is 3.02. The third kappa shape index (κ3) is 3.26. The minimum absolute atomic E-state index is 0.0691. The van der Waals surface area contributed by atoms with Crippen LogP contribution in [0.1, 0.15) is 23.1 Å². The fraction of sp³-hybridized carbons (Fsp3) is 0.273. The monoisotopic (exact) mass is 360 g/mol. The number of carbonyl (C=O) groups excluding carboxylic acids is 1. The molecular weight excluding hydrogens is 336 g/mol. The Bertz CT molecular complexity index is 1140. The summed E-state index contributed by atoms with van der Waals surface area (Å²) in [6, 6.07) is 14.4. The quantitative estimate of drug-likeness (QED) is 0.570. The molecule has 0 saturated carbocycles. The van der Waals surface area contributed by atoms with Crippen molar-refractivity contribution in [2.75, 3.05) is 27.2 Å². The van der Waals surface area contributed by atoms with Crippen LogP contribution in [0, 0.1) is 0 Å². The van der Waals surface area contributed by atoms with Gasteiger partial charge in [0.05, 0.1) is 11.0 Å². The number of likely N-dealkylation sites (N-methyl/N-ethyl adjacent to an activating group) is 1. The maximum atomic E-state index is 12.9. The van der Waals surface area contributed by atoms with Crippen molar-refractivity contribution in [2.24, 2.45) is 0 Å². The first-order valence-corrected chi connectivity index (χ1v) is 9.34. The number of nitrogens with zero attached hydrogens (tertiary/aromatic N) is 2. The molecule has 0 radical (unpaired) electrons. The summed E-state index contributed by atoms with van der Waals surface area (Å²) in [6.07, 6.45) is 0.836. The van der Waals surface area contributed by atoms with Crippen molar-refractivity contribution >= 4 is 38.5 Å². The van der Waals surface area contributed by atoms with E-state index in [0.29, 0.717) is 12.2 Å². The maximum absolute atomic E-state index is 12.9. The Balaban J connectivity index is 1.87. The molecule has 2 aromatic carbocycles. The van der Waals surface area contributed by atoms with Crippen LogP contribution < -0.4 is 5.32 Å². The van der Waals surface area contributed by atoms with Crippen molar-refractivity contribution in [3.05, 3.63) is 53.9 Å². The van der Waals surface area contributed by atoms with Crippen LogP contribution in [-0.2, 0) is 6.42 Å². The summed E-state index contributed by atoms with van der Waals surface area (Å²) in [4.78, 5) is 23.0. The molecule has 4 aromatic rings. The summed E-state index contributed by atoms with van der Waals surface area (Å²) in [5.41, 5.74) is 3.61. The molecule has 5 nitrogen and oxygen atoms in total. The van der Waals surface area contributed by atoms with Crippen LogP contribution in [0.4, 0.5) is 0 Å². The van der Waals surface area contributed by atoms with E-state index >= 15 is 0 Å². The van der Waals surface area contributed by atoms with Crippen LogP contribution in [0.5, 0.6) is 0 Å². The fourth-order valence-electron chi connectivity index (χ4n) is 3.48. The number of nitrogens with one attached hydrogen (secondary N) is 2. The second-order valence-electron chi connectivity index (χ2n) is 7.17. The molecule has 0 aliphatic carbocycles. The molecule has 138 valence electrons. The third-order valence-electron chi connectivity index (χ3n) is 4.94. The van der Waals surface area contributed by atoms with E-state index in [4.69, 9.17) is 4.98 Å². The topological polar surface area (TPSA) is 61.0 Å². The van der Waals surface area contributed by atoms with Crippen molar-refractivity contribution in [1.29, 1.82) is 0 Å². The van der Waals surface area contributed by atoms with Gasteiger partial charge in [0.1, 0.15) is 5.69 Å². The lowest BCUT2D eigenvalue weighted by Gasteiger charge is -2.13. The van der Waals surface area contributed by atoms with Crippen LogP contribution in [-0.4, -0.2) is 48.0 Å². The zero-order valence-electron chi connectivity index (χ0n) is 16.0. The SMILES string of the molecule is CCc1cc2cc3nc4ccccc4c3cc2c(C(=O)NCCN(C)C)[nH]1. The number of hydrogen-bond acceptors (Lipinski definition) is 3. The van der Waals surface area contributed by atoms with Crippen molar-refractivity contribution in [1.82, 2.24) is 20.2 Å². The van der Waals surface area contributed by atoms with Gasteiger partial charge in [0, 0.05) is 34.9 Å². The third-order valence-corrected chi connectivity index (χ3v) is 4.94. The molecule has 2 N–H and O–H groups in total. The highest BCUT2D eigenvalue weighted by atomic mass is 16.1. The van der Waals surface area contributed by atoms with Gasteiger partial charge in [-0.25, -0.2) is 4.98 Å². The number of fused-ring (bicyclic) bond motifs is 4. The lowest BCUT2D eigenvalue weighted by molar-refractivity contribution is 0.0947. The van der Waals surface area contributed by atoms with Gasteiger partial charge in [0.25, 0.3) is 5.91 Å². The number of benzene rings is 2. The van der Waals surface area contributed by atoms with E-state index in [1.54, 1.807) is 0 Å². The number of carbonyl (C=O) groups is 1. The molecule has 0 saturated heterocycles. The summed E-state index contributed by atoms with van der Waals surface area (Å²) < 4.78 is 0. The van der Waals surface area contributed by atoms with Crippen molar-refractivity contribution < 1.29 is 4.79 Å². The molecular formula is C22H24N4O. The van der Waals surface area contributed by atoms with Gasteiger partial charge in [-0.15, -0.1) is 0 Å². The van der Waals surface area contributed by atoms with E-state index in [1.807, 2.05) is 32.3 Å². The lowest BCUT2D eigenvalue weighted by Crippen LogP contribution is -2.32. The average molecular weight is 360 g/mol. The van der Waals surface area contributed by atoms with Crippen molar-refractivity contribution in [3.63, 3.8) is 0 Å².